The highest BCUT2D eigenvalue weighted by atomic mass is 79.9. The Morgan fingerprint density at radius 2 is 2.43 bits per heavy atom. The summed E-state index contributed by atoms with van der Waals surface area (Å²) in [6.07, 6.45) is 3.94. The number of rotatable bonds is 3. The molecular formula is C10H11BrN2O. The van der Waals surface area contributed by atoms with Crippen LogP contribution in [-0.2, 0) is 6.54 Å². The van der Waals surface area contributed by atoms with Gasteiger partial charge in [0.1, 0.15) is 0 Å². The normalized spacial score (nSPS) is 15.5. The lowest BCUT2D eigenvalue weighted by atomic mass is 10.3. The minimum atomic E-state index is 0.00231. The van der Waals surface area contributed by atoms with Crippen molar-refractivity contribution in [3.8, 4) is 0 Å². The summed E-state index contributed by atoms with van der Waals surface area (Å²) in [7, 11) is 0. The maximum atomic E-state index is 11.6. The van der Waals surface area contributed by atoms with Gasteiger partial charge in [-0.15, -0.1) is 0 Å². The molecule has 74 valence electrons. The molecule has 1 fully saturated rings. The third kappa shape index (κ3) is 2.12. The molecule has 14 heavy (non-hydrogen) atoms. The molecule has 0 unspecified atom stereocenters. The molecule has 0 amide bonds. The van der Waals surface area contributed by atoms with Crippen LogP contribution in [0.5, 0.6) is 0 Å². The third-order valence-corrected chi connectivity index (χ3v) is 2.49. The van der Waals surface area contributed by atoms with Crippen molar-refractivity contribution in [2.75, 3.05) is 0 Å². The van der Waals surface area contributed by atoms with E-state index < -0.39 is 0 Å². The lowest BCUT2D eigenvalue weighted by molar-refractivity contribution is 0.735. The highest BCUT2D eigenvalue weighted by molar-refractivity contribution is 9.11. The molecule has 0 aliphatic heterocycles. The summed E-state index contributed by atoms with van der Waals surface area (Å²) in [6, 6.07) is 1.63. The fourth-order valence-corrected chi connectivity index (χ4v) is 1.62. The van der Waals surface area contributed by atoms with Gasteiger partial charge in [0, 0.05) is 16.5 Å². The summed E-state index contributed by atoms with van der Waals surface area (Å²) in [5, 5.41) is 0. The quantitative estimate of drug-likeness (QED) is 0.828. The van der Waals surface area contributed by atoms with E-state index in [1.54, 1.807) is 17.0 Å². The Kier molecular flexibility index (Phi) is 2.54. The van der Waals surface area contributed by atoms with Gasteiger partial charge in [0.15, 0.2) is 0 Å². The molecule has 2 rings (SSSR count). The Hall–Kier alpha value is -0.900. The van der Waals surface area contributed by atoms with Gasteiger partial charge in [0.25, 0.3) is 5.56 Å². The zero-order valence-corrected chi connectivity index (χ0v) is 9.33. The van der Waals surface area contributed by atoms with Crippen molar-refractivity contribution in [1.82, 2.24) is 9.55 Å². The highest BCUT2D eigenvalue weighted by Gasteiger charge is 2.25. The van der Waals surface area contributed by atoms with Crippen molar-refractivity contribution >= 4 is 15.9 Å². The van der Waals surface area contributed by atoms with Gasteiger partial charge in [0.05, 0.1) is 18.6 Å². The lowest BCUT2D eigenvalue weighted by Crippen LogP contribution is -2.20. The van der Waals surface area contributed by atoms with Gasteiger partial charge in [-0.1, -0.05) is 22.5 Å². The van der Waals surface area contributed by atoms with Crippen molar-refractivity contribution in [2.24, 2.45) is 0 Å². The summed E-state index contributed by atoms with van der Waals surface area (Å²) in [5.41, 5.74) is 0.939. The minimum absolute atomic E-state index is 0.00231. The number of hydrogen-bond donors (Lipinski definition) is 0. The number of aromatic nitrogens is 2. The van der Waals surface area contributed by atoms with Gasteiger partial charge in [0.2, 0.25) is 0 Å². The van der Waals surface area contributed by atoms with Crippen LogP contribution in [0.25, 0.3) is 0 Å². The third-order valence-electron chi connectivity index (χ3n) is 2.24. The second kappa shape index (κ2) is 3.69. The Labute approximate surface area is 90.6 Å². The largest absolute Gasteiger partial charge is 0.294 e. The topological polar surface area (TPSA) is 34.9 Å². The van der Waals surface area contributed by atoms with Crippen LogP contribution in [-0.4, -0.2) is 9.55 Å². The molecule has 1 heterocycles. The molecule has 0 bridgehead atoms. The summed E-state index contributed by atoms with van der Waals surface area (Å²) in [6.45, 7) is 4.17. The van der Waals surface area contributed by atoms with Crippen molar-refractivity contribution < 1.29 is 0 Å². The number of nitrogens with zero attached hydrogens (tertiary/aromatic N) is 2. The average Bonchev–Trinajstić information content (AvgIpc) is 2.90. The first-order valence-corrected chi connectivity index (χ1v) is 5.36. The van der Waals surface area contributed by atoms with Crippen molar-refractivity contribution in [3.05, 3.63) is 39.5 Å². The van der Waals surface area contributed by atoms with Gasteiger partial charge >= 0.3 is 0 Å². The average molecular weight is 255 g/mol. The van der Waals surface area contributed by atoms with E-state index in [0.717, 1.165) is 10.2 Å². The molecule has 1 aromatic rings. The monoisotopic (exact) mass is 254 g/mol. The van der Waals surface area contributed by atoms with Gasteiger partial charge < -0.3 is 0 Å². The first-order chi connectivity index (χ1) is 6.66. The summed E-state index contributed by atoms with van der Waals surface area (Å²) < 4.78 is 2.32. The molecule has 1 aliphatic rings. The molecule has 0 spiro atoms. The molecule has 0 atom stereocenters. The van der Waals surface area contributed by atoms with E-state index in [4.69, 9.17) is 0 Å². The second-order valence-corrected chi connectivity index (χ2v) is 4.69. The molecule has 0 N–H and O–H groups in total. The molecule has 1 aliphatic carbocycles. The summed E-state index contributed by atoms with van der Waals surface area (Å²) >= 11 is 3.22. The van der Waals surface area contributed by atoms with E-state index in [9.17, 15) is 4.79 Å². The van der Waals surface area contributed by atoms with Crippen LogP contribution in [0.1, 0.15) is 24.5 Å². The molecule has 0 radical (unpaired) electrons. The number of hydrogen-bond acceptors (Lipinski definition) is 2. The van der Waals surface area contributed by atoms with Crippen LogP contribution in [0.15, 0.2) is 28.2 Å². The SMILES string of the molecule is C=C(Br)Cn1cnc(C2CC2)cc1=O. The molecule has 3 nitrogen and oxygen atoms in total. The standard InChI is InChI=1S/C10H11BrN2O/c1-7(11)5-13-6-12-9(4-10(13)14)8-2-3-8/h4,6,8H,1-3,5H2. The van der Waals surface area contributed by atoms with E-state index in [0.29, 0.717) is 12.5 Å². The molecular weight excluding hydrogens is 244 g/mol. The molecule has 0 aromatic carbocycles. The van der Waals surface area contributed by atoms with Crippen LogP contribution < -0.4 is 5.56 Å². The Balaban J connectivity index is 2.26. The van der Waals surface area contributed by atoms with Crippen molar-refractivity contribution in [3.63, 3.8) is 0 Å². The Morgan fingerprint density at radius 3 is 2.93 bits per heavy atom. The molecule has 1 aromatic heterocycles. The van der Waals surface area contributed by atoms with Crippen LogP contribution in [0, 0.1) is 0 Å². The van der Waals surface area contributed by atoms with Crippen molar-refractivity contribution in [2.45, 2.75) is 25.3 Å². The maximum absolute atomic E-state index is 11.6. The predicted molar refractivity (Wildman–Crippen MR) is 58.5 cm³/mol. The summed E-state index contributed by atoms with van der Waals surface area (Å²) in [4.78, 5) is 15.8. The minimum Gasteiger partial charge on any atom is -0.294 e. The molecule has 4 heteroatoms. The molecule has 1 saturated carbocycles. The zero-order chi connectivity index (χ0) is 10.1. The Morgan fingerprint density at radius 1 is 1.71 bits per heavy atom. The lowest BCUT2D eigenvalue weighted by Gasteiger charge is -2.04. The summed E-state index contributed by atoms with van der Waals surface area (Å²) in [5.74, 6) is 0.532. The van der Waals surface area contributed by atoms with E-state index >= 15 is 0 Å². The van der Waals surface area contributed by atoms with Crippen molar-refractivity contribution in [1.29, 1.82) is 0 Å². The zero-order valence-electron chi connectivity index (χ0n) is 7.74. The first kappa shape index (κ1) is 9.65. The van der Waals surface area contributed by atoms with E-state index in [1.165, 1.54) is 12.8 Å². The van der Waals surface area contributed by atoms with Crippen LogP contribution in [0.4, 0.5) is 0 Å². The van der Waals surface area contributed by atoms with Gasteiger partial charge in [-0.25, -0.2) is 4.98 Å². The van der Waals surface area contributed by atoms with Gasteiger partial charge in [-0.3, -0.25) is 9.36 Å². The van der Waals surface area contributed by atoms with Crippen LogP contribution in [0.3, 0.4) is 0 Å². The van der Waals surface area contributed by atoms with Crippen LogP contribution in [0.2, 0.25) is 0 Å². The van der Waals surface area contributed by atoms with E-state index in [-0.39, 0.29) is 5.56 Å². The van der Waals surface area contributed by atoms with Crippen LogP contribution >= 0.6 is 15.9 Å². The highest BCUT2D eigenvalue weighted by Crippen LogP contribution is 2.38. The van der Waals surface area contributed by atoms with Gasteiger partial charge in [-0.05, 0) is 12.8 Å². The Bertz CT molecular complexity index is 420. The molecule has 0 saturated heterocycles. The predicted octanol–water partition coefficient (Wildman–Crippen LogP) is 2.03. The number of allylic oxidation sites excluding steroid dienone is 1. The fourth-order valence-electron chi connectivity index (χ4n) is 1.35. The fraction of sp³-hybridized carbons (Fsp3) is 0.400. The van der Waals surface area contributed by atoms with E-state index in [2.05, 4.69) is 27.5 Å². The second-order valence-electron chi connectivity index (χ2n) is 3.57. The first-order valence-electron chi connectivity index (χ1n) is 4.56. The van der Waals surface area contributed by atoms with Gasteiger partial charge in [-0.2, -0.15) is 0 Å². The number of halogens is 1. The smallest absolute Gasteiger partial charge is 0.253 e. The van der Waals surface area contributed by atoms with E-state index in [1.807, 2.05) is 0 Å². The maximum Gasteiger partial charge on any atom is 0.253 e.